The number of aliphatic hydroxyl groups excluding tert-OH is 1. The minimum atomic E-state index is -1.17. The molecule has 0 aliphatic heterocycles. The van der Waals surface area contributed by atoms with Crippen molar-refractivity contribution in [3.63, 3.8) is 0 Å². The van der Waals surface area contributed by atoms with E-state index in [0.29, 0.717) is 17.9 Å². The number of ether oxygens (including phenoxy) is 1. The Bertz CT molecular complexity index is 594. The van der Waals surface area contributed by atoms with Crippen LogP contribution in [0, 0.1) is 0 Å². The Balaban J connectivity index is 2.52. The summed E-state index contributed by atoms with van der Waals surface area (Å²) in [4.78, 5) is 35.0. The highest BCUT2D eigenvalue weighted by Crippen LogP contribution is 2.07. The third kappa shape index (κ3) is 7.52. The molecule has 0 bridgehead atoms. The molecule has 0 saturated heterocycles. The first-order valence-electron chi connectivity index (χ1n) is 7.56. The molecule has 2 amide bonds. The summed E-state index contributed by atoms with van der Waals surface area (Å²) in [7, 11) is 2.93. The van der Waals surface area contributed by atoms with Crippen molar-refractivity contribution < 1.29 is 24.2 Å². The van der Waals surface area contributed by atoms with Crippen LogP contribution < -0.4 is 10.6 Å². The van der Waals surface area contributed by atoms with Crippen molar-refractivity contribution >= 4 is 29.5 Å². The molecule has 10 nitrogen and oxygen atoms in total. The fourth-order valence-corrected chi connectivity index (χ4v) is 2.90. The van der Waals surface area contributed by atoms with Crippen molar-refractivity contribution in [1.29, 1.82) is 0 Å². The highest BCUT2D eigenvalue weighted by atomic mass is 32.2. The van der Waals surface area contributed by atoms with E-state index in [2.05, 4.69) is 25.7 Å². The number of aromatic nitrogens is 3. The molecule has 0 radical (unpaired) electrons. The maximum absolute atomic E-state index is 12.3. The summed E-state index contributed by atoms with van der Waals surface area (Å²) < 4.78 is 6.10. The molecule has 1 rings (SSSR count). The Morgan fingerprint density at radius 1 is 1.36 bits per heavy atom. The van der Waals surface area contributed by atoms with Gasteiger partial charge in [-0.15, -0.1) is 5.10 Å². The van der Waals surface area contributed by atoms with Crippen molar-refractivity contribution in [2.24, 2.45) is 7.05 Å². The summed E-state index contributed by atoms with van der Waals surface area (Å²) in [5.74, 6) is -0.694. The van der Waals surface area contributed by atoms with Gasteiger partial charge in [0, 0.05) is 32.3 Å². The molecule has 3 N–H and O–H groups in total. The standard InChI is InChI=1S/C14H23N5O5S/c1-9(21)15-12(13(22)16-11(7-20)14(23)24-3)8-25-5-4-10-6-19(2)18-17-10/h6,11-12,20H,4-5,7-8H2,1-3H3,(H,15,21)(H,16,22). The molecule has 0 aliphatic rings. The maximum atomic E-state index is 12.3. The second-order valence-corrected chi connectivity index (χ2v) is 6.38. The van der Waals surface area contributed by atoms with Crippen molar-refractivity contribution in [2.45, 2.75) is 25.4 Å². The molecule has 140 valence electrons. The van der Waals surface area contributed by atoms with Crippen LogP contribution in [-0.2, 0) is 32.6 Å². The van der Waals surface area contributed by atoms with Crippen LogP contribution in [0.4, 0.5) is 0 Å². The van der Waals surface area contributed by atoms with E-state index in [1.807, 2.05) is 0 Å². The molecule has 25 heavy (non-hydrogen) atoms. The van der Waals surface area contributed by atoms with E-state index in [0.717, 1.165) is 12.8 Å². The summed E-state index contributed by atoms with van der Waals surface area (Å²) in [5, 5.41) is 21.9. The van der Waals surface area contributed by atoms with Crippen LogP contribution >= 0.6 is 11.8 Å². The van der Waals surface area contributed by atoms with Gasteiger partial charge in [-0.2, -0.15) is 11.8 Å². The lowest BCUT2D eigenvalue weighted by Gasteiger charge is -2.20. The highest BCUT2D eigenvalue weighted by Gasteiger charge is 2.26. The third-order valence-electron chi connectivity index (χ3n) is 3.12. The number of aliphatic hydroxyl groups is 1. The van der Waals surface area contributed by atoms with Crippen LogP contribution in [0.3, 0.4) is 0 Å². The van der Waals surface area contributed by atoms with Gasteiger partial charge in [0.15, 0.2) is 6.04 Å². The molecule has 0 spiro atoms. The first-order valence-corrected chi connectivity index (χ1v) is 8.72. The van der Waals surface area contributed by atoms with Gasteiger partial charge in [-0.05, 0) is 5.75 Å². The zero-order chi connectivity index (χ0) is 18.8. The van der Waals surface area contributed by atoms with Crippen molar-refractivity contribution in [1.82, 2.24) is 25.6 Å². The van der Waals surface area contributed by atoms with Crippen molar-refractivity contribution in [3.8, 4) is 0 Å². The van der Waals surface area contributed by atoms with Gasteiger partial charge in [-0.1, -0.05) is 5.21 Å². The zero-order valence-corrected chi connectivity index (χ0v) is 15.2. The molecule has 1 heterocycles. The second-order valence-electron chi connectivity index (χ2n) is 5.23. The number of amides is 2. The van der Waals surface area contributed by atoms with E-state index >= 15 is 0 Å². The minimum absolute atomic E-state index is 0.311. The topological polar surface area (TPSA) is 135 Å². The predicted molar refractivity (Wildman–Crippen MR) is 90.7 cm³/mol. The van der Waals surface area contributed by atoms with Crippen LogP contribution in [0.25, 0.3) is 0 Å². The number of rotatable bonds is 10. The molecule has 0 fully saturated rings. The van der Waals surface area contributed by atoms with Gasteiger partial charge in [-0.25, -0.2) is 4.79 Å². The number of nitrogens with zero attached hydrogens (tertiary/aromatic N) is 3. The summed E-state index contributed by atoms with van der Waals surface area (Å²) in [6.45, 7) is 0.708. The molecule has 0 aliphatic carbocycles. The van der Waals surface area contributed by atoms with Crippen LogP contribution in [0.1, 0.15) is 12.6 Å². The van der Waals surface area contributed by atoms with E-state index < -0.39 is 30.6 Å². The lowest BCUT2D eigenvalue weighted by molar-refractivity contribution is -0.146. The molecule has 0 aromatic carbocycles. The van der Waals surface area contributed by atoms with Gasteiger partial charge in [0.1, 0.15) is 6.04 Å². The molecular weight excluding hydrogens is 350 g/mol. The molecular formula is C14H23N5O5S. The molecule has 2 unspecified atom stereocenters. The van der Waals surface area contributed by atoms with Gasteiger partial charge in [0.05, 0.1) is 19.4 Å². The van der Waals surface area contributed by atoms with Crippen LogP contribution in [0.2, 0.25) is 0 Å². The number of thioether (sulfide) groups is 1. The SMILES string of the molecule is COC(=O)C(CO)NC(=O)C(CSCCc1cn(C)nn1)NC(C)=O. The van der Waals surface area contributed by atoms with Gasteiger partial charge in [-0.3, -0.25) is 14.3 Å². The van der Waals surface area contributed by atoms with Gasteiger partial charge in [0.2, 0.25) is 11.8 Å². The quantitative estimate of drug-likeness (QED) is 0.324. The second kappa shape index (κ2) is 10.7. The maximum Gasteiger partial charge on any atom is 0.330 e. The lowest BCUT2D eigenvalue weighted by atomic mass is 10.2. The number of esters is 1. The van der Waals surface area contributed by atoms with Crippen molar-refractivity contribution in [2.75, 3.05) is 25.2 Å². The number of aryl methyl sites for hydroxylation is 2. The predicted octanol–water partition coefficient (Wildman–Crippen LogP) is -1.75. The Kier molecular flexibility index (Phi) is 8.92. The van der Waals surface area contributed by atoms with Gasteiger partial charge >= 0.3 is 5.97 Å². The number of methoxy groups -OCH3 is 1. The third-order valence-corrected chi connectivity index (χ3v) is 4.18. The monoisotopic (exact) mass is 373 g/mol. The van der Waals surface area contributed by atoms with E-state index in [9.17, 15) is 14.4 Å². The average Bonchev–Trinajstić information content (AvgIpc) is 2.99. The number of carbonyl (C=O) groups excluding carboxylic acids is 3. The lowest BCUT2D eigenvalue weighted by Crippen LogP contribution is -2.53. The largest absolute Gasteiger partial charge is 0.467 e. The molecule has 0 saturated carbocycles. The number of nitrogens with one attached hydrogen (secondary N) is 2. The first kappa shape index (κ1) is 20.9. The van der Waals surface area contributed by atoms with E-state index in [1.54, 1.807) is 17.9 Å². The summed E-state index contributed by atoms with van der Waals surface area (Å²) in [6, 6.07) is -2.00. The highest BCUT2D eigenvalue weighted by molar-refractivity contribution is 7.99. The average molecular weight is 373 g/mol. The summed E-state index contributed by atoms with van der Waals surface area (Å²) in [6.07, 6.45) is 2.48. The molecule has 1 aromatic rings. The van der Waals surface area contributed by atoms with Crippen molar-refractivity contribution in [3.05, 3.63) is 11.9 Å². The van der Waals surface area contributed by atoms with Crippen LogP contribution in [-0.4, -0.2) is 75.2 Å². The first-order chi connectivity index (χ1) is 11.9. The smallest absolute Gasteiger partial charge is 0.330 e. The minimum Gasteiger partial charge on any atom is -0.467 e. The Hall–Kier alpha value is -2.14. The van der Waals surface area contributed by atoms with E-state index in [1.165, 1.54) is 18.7 Å². The number of carbonyl (C=O) groups is 3. The number of hydrogen-bond donors (Lipinski definition) is 3. The van der Waals surface area contributed by atoms with Crippen LogP contribution in [0.5, 0.6) is 0 Å². The Morgan fingerprint density at radius 2 is 2.08 bits per heavy atom. The van der Waals surface area contributed by atoms with E-state index in [4.69, 9.17) is 5.11 Å². The van der Waals surface area contributed by atoms with E-state index in [-0.39, 0.29) is 5.91 Å². The fraction of sp³-hybridized carbons (Fsp3) is 0.643. The molecule has 1 aromatic heterocycles. The molecule has 11 heteroatoms. The number of hydrogen-bond acceptors (Lipinski definition) is 8. The van der Waals surface area contributed by atoms with Gasteiger partial charge < -0.3 is 20.5 Å². The summed E-state index contributed by atoms with van der Waals surface area (Å²) >= 11 is 1.45. The Morgan fingerprint density at radius 3 is 2.60 bits per heavy atom. The fourth-order valence-electron chi connectivity index (χ4n) is 1.91. The van der Waals surface area contributed by atoms with Crippen LogP contribution in [0.15, 0.2) is 6.20 Å². The summed E-state index contributed by atoms with van der Waals surface area (Å²) in [5.41, 5.74) is 0.835. The Labute approximate surface area is 149 Å². The zero-order valence-electron chi connectivity index (χ0n) is 14.4. The normalized spacial score (nSPS) is 13.0. The van der Waals surface area contributed by atoms with Gasteiger partial charge in [0.25, 0.3) is 0 Å². The molecule has 2 atom stereocenters.